The average Bonchev–Trinajstić information content (AvgIpc) is 3.11. The molecule has 3 rings (SSSR count). The van der Waals surface area contributed by atoms with Gasteiger partial charge in [-0.3, -0.25) is 9.80 Å². The molecule has 1 N–H and O–H groups in total. The Bertz CT molecular complexity index is 529. The lowest BCUT2D eigenvalue weighted by Gasteiger charge is -2.23. The van der Waals surface area contributed by atoms with E-state index in [-0.39, 0.29) is 11.4 Å². The first kappa shape index (κ1) is 14.5. The number of hydrogen-bond acceptors (Lipinski definition) is 3. The van der Waals surface area contributed by atoms with Gasteiger partial charge in [-0.15, -0.1) is 0 Å². The zero-order valence-corrected chi connectivity index (χ0v) is 12.1. The van der Waals surface area contributed by atoms with E-state index in [4.69, 9.17) is 5.11 Å². The Labute approximate surface area is 124 Å². The predicted molar refractivity (Wildman–Crippen MR) is 77.8 cm³/mol. The van der Waals surface area contributed by atoms with Gasteiger partial charge in [-0.25, -0.2) is 9.18 Å². The topological polar surface area (TPSA) is 43.8 Å². The van der Waals surface area contributed by atoms with E-state index in [1.165, 1.54) is 44.1 Å². The summed E-state index contributed by atoms with van der Waals surface area (Å²) in [6, 6.07) is 4.62. The molecule has 0 spiro atoms. The summed E-state index contributed by atoms with van der Waals surface area (Å²) < 4.78 is 13.9. The van der Waals surface area contributed by atoms with Crippen LogP contribution in [0.1, 0.15) is 35.2 Å². The molecule has 0 aromatic heterocycles. The van der Waals surface area contributed by atoms with Crippen molar-refractivity contribution in [1.82, 2.24) is 9.80 Å². The molecule has 1 unspecified atom stereocenters. The van der Waals surface area contributed by atoms with Crippen LogP contribution in [0.25, 0.3) is 0 Å². The lowest BCUT2D eigenvalue weighted by molar-refractivity contribution is 0.0696. The molecule has 0 aliphatic carbocycles. The minimum atomic E-state index is -1.01. The van der Waals surface area contributed by atoms with Gasteiger partial charge in [0.05, 0.1) is 5.56 Å². The Hall–Kier alpha value is -1.46. The maximum atomic E-state index is 13.9. The molecule has 2 heterocycles. The zero-order chi connectivity index (χ0) is 14.8. The first-order chi connectivity index (χ1) is 10.1. The Morgan fingerprint density at radius 1 is 1.29 bits per heavy atom. The van der Waals surface area contributed by atoms with E-state index in [1.807, 2.05) is 0 Å². The molecular weight excluding hydrogens is 271 g/mol. The van der Waals surface area contributed by atoms with Gasteiger partial charge in [-0.05, 0) is 50.6 Å². The number of benzene rings is 1. The third kappa shape index (κ3) is 3.24. The highest BCUT2D eigenvalue weighted by atomic mass is 19.1. The van der Waals surface area contributed by atoms with E-state index in [0.717, 1.165) is 19.5 Å². The van der Waals surface area contributed by atoms with Gasteiger partial charge in [0.15, 0.2) is 0 Å². The van der Waals surface area contributed by atoms with Crippen molar-refractivity contribution in [3.8, 4) is 0 Å². The molecule has 114 valence electrons. The Kier molecular flexibility index (Phi) is 4.22. The molecule has 1 aromatic rings. The molecule has 2 aliphatic rings. The second kappa shape index (κ2) is 6.12. The second-order valence-electron chi connectivity index (χ2n) is 6.03. The molecule has 2 fully saturated rings. The Morgan fingerprint density at radius 3 is 2.76 bits per heavy atom. The van der Waals surface area contributed by atoms with E-state index in [9.17, 15) is 9.18 Å². The monoisotopic (exact) mass is 292 g/mol. The highest BCUT2D eigenvalue weighted by Gasteiger charge is 2.29. The van der Waals surface area contributed by atoms with Crippen LogP contribution in [0.3, 0.4) is 0 Å². The molecule has 21 heavy (non-hydrogen) atoms. The fraction of sp³-hybridized carbons (Fsp3) is 0.562. The van der Waals surface area contributed by atoms with Crippen molar-refractivity contribution in [1.29, 1.82) is 0 Å². The number of likely N-dealkylation sites (tertiary alicyclic amines) is 2. The van der Waals surface area contributed by atoms with Gasteiger partial charge in [0.2, 0.25) is 0 Å². The van der Waals surface area contributed by atoms with E-state index in [1.54, 1.807) is 0 Å². The SMILES string of the molecule is O=C(O)c1ccc(F)c(CN2CCC(N3CCCC3)C2)c1. The summed E-state index contributed by atoms with van der Waals surface area (Å²) in [7, 11) is 0. The van der Waals surface area contributed by atoms with E-state index >= 15 is 0 Å². The van der Waals surface area contributed by atoms with Gasteiger partial charge in [0.25, 0.3) is 0 Å². The number of aromatic carboxylic acids is 1. The first-order valence-electron chi connectivity index (χ1n) is 7.61. The molecule has 0 bridgehead atoms. The molecule has 1 atom stereocenters. The maximum absolute atomic E-state index is 13.9. The van der Waals surface area contributed by atoms with Crippen LogP contribution in [-0.2, 0) is 6.54 Å². The number of carboxylic acid groups (broad SMARTS) is 1. The number of carbonyl (C=O) groups is 1. The van der Waals surface area contributed by atoms with E-state index < -0.39 is 5.97 Å². The first-order valence-corrected chi connectivity index (χ1v) is 7.61. The van der Waals surface area contributed by atoms with Gasteiger partial charge >= 0.3 is 5.97 Å². The fourth-order valence-corrected chi connectivity index (χ4v) is 3.43. The summed E-state index contributed by atoms with van der Waals surface area (Å²) in [5.74, 6) is -1.32. The molecule has 0 radical (unpaired) electrons. The van der Waals surface area contributed by atoms with Crippen molar-refractivity contribution >= 4 is 5.97 Å². The van der Waals surface area contributed by atoms with Crippen LogP contribution in [0.5, 0.6) is 0 Å². The Morgan fingerprint density at radius 2 is 2.05 bits per heavy atom. The van der Waals surface area contributed by atoms with Crippen molar-refractivity contribution in [3.05, 3.63) is 35.1 Å². The van der Waals surface area contributed by atoms with Crippen molar-refractivity contribution < 1.29 is 14.3 Å². The molecule has 0 amide bonds. The van der Waals surface area contributed by atoms with Crippen molar-refractivity contribution in [2.45, 2.75) is 31.8 Å². The Balaban J connectivity index is 1.64. The summed E-state index contributed by atoms with van der Waals surface area (Å²) in [6.45, 7) is 4.77. The second-order valence-corrected chi connectivity index (χ2v) is 6.03. The largest absolute Gasteiger partial charge is 0.478 e. The highest BCUT2D eigenvalue weighted by molar-refractivity contribution is 5.87. The average molecular weight is 292 g/mol. The number of halogens is 1. The smallest absolute Gasteiger partial charge is 0.335 e. The van der Waals surface area contributed by atoms with Crippen molar-refractivity contribution in [3.63, 3.8) is 0 Å². The maximum Gasteiger partial charge on any atom is 0.335 e. The lowest BCUT2D eigenvalue weighted by atomic mass is 10.1. The van der Waals surface area contributed by atoms with Crippen molar-refractivity contribution in [2.24, 2.45) is 0 Å². The standard InChI is InChI=1S/C16H21FN2O2/c17-15-4-3-12(16(20)21)9-13(15)10-18-8-5-14(11-18)19-6-1-2-7-19/h3-4,9,14H,1-2,5-8,10-11H2,(H,20,21). The molecule has 2 aliphatic heterocycles. The van der Waals surface area contributed by atoms with Gasteiger partial charge < -0.3 is 5.11 Å². The van der Waals surface area contributed by atoms with Crippen LogP contribution in [0, 0.1) is 5.82 Å². The summed E-state index contributed by atoms with van der Waals surface area (Å²) in [5.41, 5.74) is 0.638. The summed E-state index contributed by atoms with van der Waals surface area (Å²) in [6.07, 6.45) is 3.69. The fourth-order valence-electron chi connectivity index (χ4n) is 3.43. The molecular formula is C16H21FN2O2. The quantitative estimate of drug-likeness (QED) is 0.924. The molecule has 4 nitrogen and oxygen atoms in total. The van der Waals surface area contributed by atoms with E-state index in [2.05, 4.69) is 9.80 Å². The third-order valence-electron chi connectivity index (χ3n) is 4.59. The highest BCUT2D eigenvalue weighted by Crippen LogP contribution is 2.22. The van der Waals surface area contributed by atoms with Crippen LogP contribution >= 0.6 is 0 Å². The van der Waals surface area contributed by atoms with Gasteiger partial charge in [-0.2, -0.15) is 0 Å². The van der Waals surface area contributed by atoms with Gasteiger partial charge in [0.1, 0.15) is 5.82 Å². The molecule has 5 heteroatoms. The summed E-state index contributed by atoms with van der Waals surface area (Å²) in [5, 5.41) is 9.00. The number of carboxylic acids is 1. The van der Waals surface area contributed by atoms with Crippen LogP contribution in [-0.4, -0.2) is 53.1 Å². The zero-order valence-electron chi connectivity index (χ0n) is 12.1. The van der Waals surface area contributed by atoms with Crippen molar-refractivity contribution in [2.75, 3.05) is 26.2 Å². The van der Waals surface area contributed by atoms with Crippen LogP contribution in [0.4, 0.5) is 4.39 Å². The van der Waals surface area contributed by atoms with Crippen LogP contribution in [0.15, 0.2) is 18.2 Å². The number of rotatable bonds is 4. The molecule has 1 aromatic carbocycles. The lowest BCUT2D eigenvalue weighted by Crippen LogP contribution is -2.35. The molecule has 0 saturated carbocycles. The number of hydrogen-bond donors (Lipinski definition) is 1. The van der Waals surface area contributed by atoms with E-state index in [0.29, 0.717) is 18.2 Å². The predicted octanol–water partition coefficient (Wildman–Crippen LogP) is 2.19. The number of nitrogens with zero attached hydrogens (tertiary/aromatic N) is 2. The van der Waals surface area contributed by atoms with Gasteiger partial charge in [0, 0.05) is 31.2 Å². The van der Waals surface area contributed by atoms with Crippen LogP contribution in [0.2, 0.25) is 0 Å². The minimum absolute atomic E-state index is 0.154. The minimum Gasteiger partial charge on any atom is -0.478 e. The molecule has 2 saturated heterocycles. The summed E-state index contributed by atoms with van der Waals surface area (Å²) >= 11 is 0. The van der Waals surface area contributed by atoms with Gasteiger partial charge in [-0.1, -0.05) is 0 Å². The normalized spacial score (nSPS) is 23.8. The van der Waals surface area contributed by atoms with Crippen LogP contribution < -0.4 is 0 Å². The summed E-state index contributed by atoms with van der Waals surface area (Å²) in [4.78, 5) is 15.7. The third-order valence-corrected chi connectivity index (χ3v) is 4.59.